The number of ether oxygens (including phenoxy) is 1. The van der Waals surface area contributed by atoms with Crippen LogP contribution in [0.3, 0.4) is 0 Å². The maximum Gasteiger partial charge on any atom is 0.407 e. The normalized spacial score (nSPS) is 12.9. The van der Waals surface area contributed by atoms with Gasteiger partial charge in [0.05, 0.1) is 12.6 Å². The highest BCUT2D eigenvalue weighted by Gasteiger charge is 2.15. The fraction of sp³-hybridized carbons (Fsp3) is 0.500. The molecular formula is C14H23NO2Si. The van der Waals surface area contributed by atoms with Gasteiger partial charge >= 0.3 is 6.09 Å². The predicted molar refractivity (Wildman–Crippen MR) is 77.5 cm³/mol. The van der Waals surface area contributed by atoms with Crippen molar-refractivity contribution in [1.82, 2.24) is 5.32 Å². The van der Waals surface area contributed by atoms with Gasteiger partial charge in [0.1, 0.15) is 0 Å². The Labute approximate surface area is 111 Å². The lowest BCUT2D eigenvalue weighted by Crippen LogP contribution is -2.29. The molecule has 0 aliphatic rings. The Morgan fingerprint density at radius 1 is 1.28 bits per heavy atom. The third-order valence-electron chi connectivity index (χ3n) is 2.72. The predicted octanol–water partition coefficient (Wildman–Crippen LogP) is 3.81. The van der Waals surface area contributed by atoms with Gasteiger partial charge in [0.2, 0.25) is 0 Å². The molecule has 1 rings (SSSR count). The van der Waals surface area contributed by atoms with Crippen LogP contribution < -0.4 is 5.32 Å². The SMILES string of the molecule is C[C@@H](NC(=O)OCC[Si](C)(C)C)c1ccccc1. The number of alkyl carbamates (subject to hydrolysis) is 1. The number of rotatable bonds is 5. The van der Waals surface area contributed by atoms with Gasteiger partial charge in [0.15, 0.2) is 0 Å². The Kier molecular flexibility index (Phi) is 5.41. The van der Waals surface area contributed by atoms with Crippen LogP contribution in [0.4, 0.5) is 4.79 Å². The van der Waals surface area contributed by atoms with Crippen LogP contribution in [0.25, 0.3) is 0 Å². The van der Waals surface area contributed by atoms with Gasteiger partial charge in [-0.25, -0.2) is 4.79 Å². The third kappa shape index (κ3) is 5.86. The molecule has 4 heteroatoms. The van der Waals surface area contributed by atoms with Gasteiger partial charge in [-0.3, -0.25) is 0 Å². The molecule has 1 atom stereocenters. The molecule has 0 saturated carbocycles. The Morgan fingerprint density at radius 3 is 2.44 bits per heavy atom. The molecule has 0 radical (unpaired) electrons. The average Bonchev–Trinajstić information content (AvgIpc) is 2.28. The summed E-state index contributed by atoms with van der Waals surface area (Å²) in [6, 6.07) is 10.8. The molecule has 0 aliphatic carbocycles. The molecule has 0 heterocycles. The van der Waals surface area contributed by atoms with Crippen LogP contribution in [0.1, 0.15) is 18.5 Å². The van der Waals surface area contributed by atoms with Crippen molar-refractivity contribution in [3.05, 3.63) is 35.9 Å². The monoisotopic (exact) mass is 265 g/mol. The van der Waals surface area contributed by atoms with Gasteiger partial charge in [0.25, 0.3) is 0 Å². The van der Waals surface area contributed by atoms with E-state index < -0.39 is 8.07 Å². The van der Waals surface area contributed by atoms with Gasteiger partial charge in [-0.2, -0.15) is 0 Å². The first-order valence-electron chi connectivity index (χ1n) is 6.37. The minimum atomic E-state index is -1.13. The fourth-order valence-electron chi connectivity index (χ4n) is 1.49. The molecule has 0 bridgehead atoms. The minimum Gasteiger partial charge on any atom is -0.450 e. The van der Waals surface area contributed by atoms with Crippen LogP contribution >= 0.6 is 0 Å². The summed E-state index contributed by atoms with van der Waals surface area (Å²) in [5.74, 6) is 0. The molecule has 1 N–H and O–H groups in total. The molecule has 3 nitrogen and oxygen atoms in total. The number of carbonyl (C=O) groups is 1. The van der Waals surface area contributed by atoms with Crippen molar-refractivity contribution in [3.8, 4) is 0 Å². The van der Waals surface area contributed by atoms with Gasteiger partial charge < -0.3 is 10.1 Å². The lowest BCUT2D eigenvalue weighted by atomic mass is 10.1. The van der Waals surface area contributed by atoms with E-state index in [1.54, 1.807) is 0 Å². The van der Waals surface area contributed by atoms with Crippen molar-refractivity contribution in [2.45, 2.75) is 38.7 Å². The number of amides is 1. The molecular weight excluding hydrogens is 242 g/mol. The lowest BCUT2D eigenvalue weighted by Gasteiger charge is -2.17. The highest BCUT2D eigenvalue weighted by atomic mass is 28.3. The van der Waals surface area contributed by atoms with Gasteiger partial charge in [-0.05, 0) is 18.5 Å². The minimum absolute atomic E-state index is 0.0226. The maximum atomic E-state index is 11.6. The molecule has 0 aliphatic heterocycles. The Balaban J connectivity index is 2.32. The number of nitrogens with one attached hydrogen (secondary N) is 1. The van der Waals surface area contributed by atoms with Crippen LogP contribution in [0.15, 0.2) is 30.3 Å². The molecule has 0 unspecified atom stereocenters. The van der Waals surface area contributed by atoms with E-state index in [4.69, 9.17) is 4.74 Å². The fourth-order valence-corrected chi connectivity index (χ4v) is 2.21. The summed E-state index contributed by atoms with van der Waals surface area (Å²) < 4.78 is 5.19. The van der Waals surface area contributed by atoms with Gasteiger partial charge in [0, 0.05) is 8.07 Å². The zero-order valence-electron chi connectivity index (χ0n) is 11.7. The zero-order valence-corrected chi connectivity index (χ0v) is 12.7. The molecule has 1 aromatic carbocycles. The highest BCUT2D eigenvalue weighted by molar-refractivity contribution is 6.76. The quantitative estimate of drug-likeness (QED) is 0.822. The van der Waals surface area contributed by atoms with Gasteiger partial charge in [-0.1, -0.05) is 50.0 Å². The second-order valence-corrected chi connectivity index (χ2v) is 11.3. The Bertz CT molecular complexity index is 373. The van der Waals surface area contributed by atoms with E-state index in [0.29, 0.717) is 6.61 Å². The van der Waals surface area contributed by atoms with Crippen LogP contribution in [-0.4, -0.2) is 20.8 Å². The zero-order chi connectivity index (χ0) is 13.6. The summed E-state index contributed by atoms with van der Waals surface area (Å²) in [6.45, 7) is 9.26. The van der Waals surface area contributed by atoms with E-state index >= 15 is 0 Å². The largest absolute Gasteiger partial charge is 0.450 e. The first kappa shape index (κ1) is 14.8. The summed E-state index contributed by atoms with van der Waals surface area (Å²) in [5.41, 5.74) is 1.08. The molecule has 1 aromatic rings. The number of hydrogen-bond acceptors (Lipinski definition) is 2. The smallest absolute Gasteiger partial charge is 0.407 e. The number of benzene rings is 1. The Morgan fingerprint density at radius 2 is 1.89 bits per heavy atom. The molecule has 18 heavy (non-hydrogen) atoms. The van der Waals surface area contributed by atoms with E-state index in [1.807, 2.05) is 37.3 Å². The maximum absolute atomic E-state index is 11.6. The second kappa shape index (κ2) is 6.59. The van der Waals surface area contributed by atoms with Crippen LogP contribution in [-0.2, 0) is 4.74 Å². The van der Waals surface area contributed by atoms with E-state index in [9.17, 15) is 4.79 Å². The number of hydrogen-bond donors (Lipinski definition) is 1. The summed E-state index contributed by atoms with van der Waals surface area (Å²) in [7, 11) is -1.13. The average molecular weight is 265 g/mol. The summed E-state index contributed by atoms with van der Waals surface area (Å²) in [5, 5.41) is 2.84. The van der Waals surface area contributed by atoms with E-state index in [-0.39, 0.29) is 12.1 Å². The van der Waals surface area contributed by atoms with Crippen LogP contribution in [0.5, 0.6) is 0 Å². The summed E-state index contributed by atoms with van der Waals surface area (Å²) in [4.78, 5) is 11.6. The first-order valence-corrected chi connectivity index (χ1v) is 10.1. The third-order valence-corrected chi connectivity index (χ3v) is 4.42. The first-order chi connectivity index (χ1) is 8.38. The van der Waals surface area contributed by atoms with E-state index in [1.165, 1.54) is 0 Å². The molecule has 0 spiro atoms. The Hall–Kier alpha value is -1.29. The summed E-state index contributed by atoms with van der Waals surface area (Å²) in [6.07, 6.45) is -0.329. The second-order valence-electron chi connectivity index (χ2n) is 5.72. The van der Waals surface area contributed by atoms with Crippen molar-refractivity contribution < 1.29 is 9.53 Å². The van der Waals surface area contributed by atoms with Gasteiger partial charge in [-0.15, -0.1) is 0 Å². The van der Waals surface area contributed by atoms with E-state index in [2.05, 4.69) is 25.0 Å². The standard InChI is InChI=1S/C14H23NO2Si/c1-12(13-8-6-5-7-9-13)15-14(16)17-10-11-18(2,3)4/h5-9,12H,10-11H2,1-4H3,(H,15,16)/t12-/m1/s1. The van der Waals surface area contributed by atoms with Crippen molar-refractivity contribution >= 4 is 14.2 Å². The lowest BCUT2D eigenvalue weighted by molar-refractivity contribution is 0.148. The van der Waals surface area contributed by atoms with E-state index in [0.717, 1.165) is 11.6 Å². The molecule has 1 amide bonds. The van der Waals surface area contributed by atoms with Crippen molar-refractivity contribution in [2.24, 2.45) is 0 Å². The van der Waals surface area contributed by atoms with Crippen molar-refractivity contribution in [3.63, 3.8) is 0 Å². The molecule has 0 aromatic heterocycles. The topological polar surface area (TPSA) is 38.3 Å². The van der Waals surface area contributed by atoms with Crippen LogP contribution in [0.2, 0.25) is 25.7 Å². The van der Waals surface area contributed by atoms with Crippen LogP contribution in [0, 0.1) is 0 Å². The molecule has 0 saturated heterocycles. The molecule has 100 valence electrons. The molecule has 0 fully saturated rings. The van der Waals surface area contributed by atoms with Crippen molar-refractivity contribution in [1.29, 1.82) is 0 Å². The highest BCUT2D eigenvalue weighted by Crippen LogP contribution is 2.12. The summed E-state index contributed by atoms with van der Waals surface area (Å²) >= 11 is 0. The van der Waals surface area contributed by atoms with Crippen molar-refractivity contribution in [2.75, 3.05) is 6.61 Å². The number of carbonyl (C=O) groups excluding carboxylic acids is 1.